The summed E-state index contributed by atoms with van der Waals surface area (Å²) in [7, 11) is 1.57. The molecule has 0 unspecified atom stereocenters. The first-order chi connectivity index (χ1) is 10.6. The van der Waals surface area contributed by atoms with Crippen LogP contribution in [0.1, 0.15) is 28.9 Å². The third-order valence-electron chi connectivity index (χ3n) is 3.67. The number of ether oxygens (including phenoxy) is 1. The Morgan fingerprint density at radius 3 is 2.86 bits per heavy atom. The lowest BCUT2D eigenvalue weighted by atomic mass is 10.1. The number of aryl methyl sites for hydroxylation is 1. The normalized spacial score (nSPS) is 13.6. The van der Waals surface area contributed by atoms with E-state index in [1.807, 2.05) is 0 Å². The van der Waals surface area contributed by atoms with Gasteiger partial charge in [-0.15, -0.1) is 0 Å². The molecule has 1 aliphatic carbocycles. The standard InChI is InChI=1S/C16H15N3O3/c1-19-14(16(20)21)7-13(18-19)11-4-5-15(12(6-11)8-17)22-9-10-2-3-10/h4-7,10H,2-3,9H2,1H3,(H,20,21). The van der Waals surface area contributed by atoms with Gasteiger partial charge in [-0.3, -0.25) is 4.68 Å². The summed E-state index contributed by atoms with van der Waals surface area (Å²) in [5, 5.41) is 22.5. The molecule has 0 saturated heterocycles. The number of nitriles is 1. The number of carboxylic acid groups (broad SMARTS) is 1. The number of benzene rings is 1. The Kier molecular flexibility index (Phi) is 3.55. The molecule has 1 aromatic carbocycles. The summed E-state index contributed by atoms with van der Waals surface area (Å²) in [5.74, 6) is 0.138. The highest BCUT2D eigenvalue weighted by Crippen LogP contribution is 2.31. The van der Waals surface area contributed by atoms with Crippen LogP contribution in [0.3, 0.4) is 0 Å². The highest BCUT2D eigenvalue weighted by molar-refractivity contribution is 5.87. The lowest BCUT2D eigenvalue weighted by Crippen LogP contribution is -2.04. The Morgan fingerprint density at radius 1 is 1.50 bits per heavy atom. The van der Waals surface area contributed by atoms with Gasteiger partial charge in [0.2, 0.25) is 0 Å². The van der Waals surface area contributed by atoms with E-state index in [-0.39, 0.29) is 5.69 Å². The molecule has 22 heavy (non-hydrogen) atoms. The van der Waals surface area contributed by atoms with Gasteiger partial charge in [0.1, 0.15) is 17.5 Å². The quantitative estimate of drug-likeness (QED) is 0.915. The third kappa shape index (κ3) is 2.79. The smallest absolute Gasteiger partial charge is 0.354 e. The minimum atomic E-state index is -1.04. The molecular weight excluding hydrogens is 282 g/mol. The zero-order valence-electron chi connectivity index (χ0n) is 12.1. The van der Waals surface area contributed by atoms with Crippen molar-refractivity contribution in [3.63, 3.8) is 0 Å². The molecule has 112 valence electrons. The van der Waals surface area contributed by atoms with Crippen molar-refractivity contribution in [3.8, 4) is 23.1 Å². The number of aromatic carboxylic acids is 1. The van der Waals surface area contributed by atoms with Crippen LogP contribution >= 0.6 is 0 Å². The van der Waals surface area contributed by atoms with Gasteiger partial charge >= 0.3 is 5.97 Å². The summed E-state index contributed by atoms with van der Waals surface area (Å²) in [6, 6.07) is 8.81. The molecule has 0 aliphatic heterocycles. The van der Waals surface area contributed by atoms with Gasteiger partial charge in [-0.05, 0) is 43.0 Å². The van der Waals surface area contributed by atoms with Crippen LogP contribution in [0.2, 0.25) is 0 Å². The van der Waals surface area contributed by atoms with Gasteiger partial charge < -0.3 is 9.84 Å². The van der Waals surface area contributed by atoms with Crippen LogP contribution in [0.4, 0.5) is 0 Å². The molecule has 6 heteroatoms. The van der Waals surface area contributed by atoms with E-state index in [1.54, 1.807) is 25.2 Å². The fourth-order valence-corrected chi connectivity index (χ4v) is 2.20. The second-order valence-corrected chi connectivity index (χ2v) is 5.42. The summed E-state index contributed by atoms with van der Waals surface area (Å²) in [5.41, 5.74) is 1.74. The highest BCUT2D eigenvalue weighted by atomic mass is 16.5. The van der Waals surface area contributed by atoms with Crippen molar-refractivity contribution in [2.75, 3.05) is 6.61 Å². The predicted octanol–water partition coefficient (Wildman–Crippen LogP) is 2.45. The molecule has 1 aromatic heterocycles. The Balaban J connectivity index is 1.89. The summed E-state index contributed by atoms with van der Waals surface area (Å²) >= 11 is 0. The Bertz CT molecular complexity index is 769. The molecule has 0 amide bonds. The number of hydrogen-bond acceptors (Lipinski definition) is 4. The maximum absolute atomic E-state index is 11.1. The Hall–Kier alpha value is -2.81. The second kappa shape index (κ2) is 5.53. The summed E-state index contributed by atoms with van der Waals surface area (Å²) in [6.45, 7) is 0.640. The number of carbonyl (C=O) groups is 1. The van der Waals surface area contributed by atoms with Crippen LogP contribution in [0, 0.1) is 17.2 Å². The summed E-state index contributed by atoms with van der Waals surface area (Å²) < 4.78 is 6.97. The fourth-order valence-electron chi connectivity index (χ4n) is 2.20. The van der Waals surface area contributed by atoms with Crippen LogP contribution in [0.15, 0.2) is 24.3 Å². The minimum absolute atomic E-state index is 0.0996. The number of rotatable bonds is 5. The average molecular weight is 297 g/mol. The molecule has 1 fully saturated rings. The van der Waals surface area contributed by atoms with E-state index in [0.29, 0.717) is 35.1 Å². The van der Waals surface area contributed by atoms with E-state index in [9.17, 15) is 10.1 Å². The zero-order valence-corrected chi connectivity index (χ0v) is 12.1. The van der Waals surface area contributed by atoms with Crippen molar-refractivity contribution in [1.29, 1.82) is 5.26 Å². The average Bonchev–Trinajstić information content (AvgIpc) is 3.25. The first-order valence-electron chi connectivity index (χ1n) is 7.03. The topological polar surface area (TPSA) is 88.1 Å². The van der Waals surface area contributed by atoms with E-state index < -0.39 is 5.97 Å². The summed E-state index contributed by atoms with van der Waals surface area (Å²) in [4.78, 5) is 11.1. The molecule has 1 saturated carbocycles. The van der Waals surface area contributed by atoms with E-state index >= 15 is 0 Å². The first-order valence-corrected chi connectivity index (χ1v) is 7.03. The molecule has 0 radical (unpaired) electrons. The molecule has 1 heterocycles. The van der Waals surface area contributed by atoms with Crippen LogP contribution < -0.4 is 4.74 Å². The van der Waals surface area contributed by atoms with Crippen molar-refractivity contribution in [2.45, 2.75) is 12.8 Å². The highest BCUT2D eigenvalue weighted by Gasteiger charge is 2.22. The largest absolute Gasteiger partial charge is 0.492 e. The molecule has 1 N–H and O–H groups in total. The molecule has 0 atom stereocenters. The fraction of sp³-hybridized carbons (Fsp3) is 0.312. The third-order valence-corrected chi connectivity index (χ3v) is 3.67. The van der Waals surface area contributed by atoms with Gasteiger partial charge in [-0.25, -0.2) is 4.79 Å². The van der Waals surface area contributed by atoms with Crippen LogP contribution in [0.25, 0.3) is 11.3 Å². The van der Waals surface area contributed by atoms with Crippen molar-refractivity contribution >= 4 is 5.97 Å². The van der Waals surface area contributed by atoms with Gasteiger partial charge in [0.05, 0.1) is 17.9 Å². The van der Waals surface area contributed by atoms with Gasteiger partial charge in [-0.1, -0.05) is 0 Å². The van der Waals surface area contributed by atoms with Gasteiger partial charge in [-0.2, -0.15) is 10.4 Å². The van der Waals surface area contributed by atoms with Gasteiger partial charge in [0, 0.05) is 12.6 Å². The van der Waals surface area contributed by atoms with Crippen molar-refractivity contribution < 1.29 is 14.6 Å². The monoisotopic (exact) mass is 297 g/mol. The summed E-state index contributed by atoms with van der Waals surface area (Å²) in [6.07, 6.45) is 2.37. The molecule has 3 rings (SSSR count). The maximum atomic E-state index is 11.1. The van der Waals surface area contributed by atoms with Crippen molar-refractivity contribution in [1.82, 2.24) is 9.78 Å². The number of nitrogens with zero attached hydrogens (tertiary/aromatic N) is 3. The van der Waals surface area contributed by atoms with E-state index in [1.165, 1.54) is 23.6 Å². The first kappa shape index (κ1) is 14.1. The van der Waals surface area contributed by atoms with E-state index in [2.05, 4.69) is 11.2 Å². The molecular formula is C16H15N3O3. The van der Waals surface area contributed by atoms with E-state index in [4.69, 9.17) is 9.84 Å². The predicted molar refractivity (Wildman–Crippen MR) is 78.5 cm³/mol. The molecule has 0 spiro atoms. The lowest BCUT2D eigenvalue weighted by molar-refractivity contribution is 0.0685. The molecule has 6 nitrogen and oxygen atoms in total. The van der Waals surface area contributed by atoms with Crippen molar-refractivity contribution in [3.05, 3.63) is 35.5 Å². The second-order valence-electron chi connectivity index (χ2n) is 5.42. The maximum Gasteiger partial charge on any atom is 0.354 e. The Morgan fingerprint density at radius 2 is 2.27 bits per heavy atom. The molecule has 2 aromatic rings. The lowest BCUT2D eigenvalue weighted by Gasteiger charge is -2.08. The van der Waals surface area contributed by atoms with Crippen LogP contribution in [-0.4, -0.2) is 27.5 Å². The van der Waals surface area contributed by atoms with E-state index in [0.717, 1.165) is 0 Å². The number of hydrogen-bond donors (Lipinski definition) is 1. The SMILES string of the molecule is Cn1nc(-c2ccc(OCC3CC3)c(C#N)c2)cc1C(=O)O. The Labute approximate surface area is 127 Å². The van der Waals surface area contributed by atoms with Crippen LogP contribution in [-0.2, 0) is 7.05 Å². The molecule has 1 aliphatic rings. The molecule has 0 bridgehead atoms. The number of aromatic nitrogens is 2. The van der Waals surface area contributed by atoms with Gasteiger partial charge in [0.25, 0.3) is 0 Å². The zero-order chi connectivity index (χ0) is 15.7. The van der Waals surface area contributed by atoms with Crippen LogP contribution in [0.5, 0.6) is 5.75 Å². The number of carboxylic acids is 1. The van der Waals surface area contributed by atoms with Gasteiger partial charge in [0.15, 0.2) is 0 Å². The minimum Gasteiger partial charge on any atom is -0.492 e. The van der Waals surface area contributed by atoms with Crippen molar-refractivity contribution in [2.24, 2.45) is 13.0 Å².